The van der Waals surface area contributed by atoms with E-state index in [1.807, 2.05) is 0 Å². The van der Waals surface area contributed by atoms with Crippen LogP contribution in [0.1, 0.15) is 0 Å². The van der Waals surface area contributed by atoms with Crippen molar-refractivity contribution in [3.63, 3.8) is 0 Å². The number of ether oxygens (including phenoxy) is 2. The number of carbonyl (C=O) groups excluding carboxylic acids is 4. The highest BCUT2D eigenvalue weighted by atomic mass is 32.1. The Bertz CT molecular complexity index is 327. The van der Waals surface area contributed by atoms with Gasteiger partial charge in [0, 0.05) is 11.5 Å². The number of hydrogen-bond donors (Lipinski definition) is 4. The summed E-state index contributed by atoms with van der Waals surface area (Å²) < 4.78 is 8.08. The molecule has 0 aliphatic carbocycles. The van der Waals surface area contributed by atoms with Gasteiger partial charge >= 0.3 is 23.9 Å². The van der Waals surface area contributed by atoms with Crippen LogP contribution in [-0.4, -0.2) is 47.5 Å². The summed E-state index contributed by atoms with van der Waals surface area (Å²) in [6, 6.07) is -2.33. The van der Waals surface area contributed by atoms with Crippen LogP contribution in [0.15, 0.2) is 0 Å². The molecule has 0 aromatic rings. The van der Waals surface area contributed by atoms with Crippen molar-refractivity contribution in [3.05, 3.63) is 0 Å². The van der Waals surface area contributed by atoms with E-state index in [0.717, 1.165) is 0 Å². The third kappa shape index (κ3) is 5.49. The van der Waals surface area contributed by atoms with Gasteiger partial charge in [-0.1, -0.05) is 0 Å². The fraction of sp³-hybridized carbons (Fsp3) is 0.500. The van der Waals surface area contributed by atoms with Gasteiger partial charge in [-0.05, 0) is 0 Å². The first-order chi connectivity index (χ1) is 8.33. The molecule has 0 fully saturated rings. The van der Waals surface area contributed by atoms with Crippen LogP contribution < -0.4 is 11.5 Å². The van der Waals surface area contributed by atoms with Crippen LogP contribution in [0.2, 0.25) is 0 Å². The fourth-order valence-corrected chi connectivity index (χ4v) is 0.865. The molecule has 0 rings (SSSR count). The molecule has 0 aliphatic heterocycles. The molecule has 8 nitrogen and oxygen atoms in total. The highest BCUT2D eigenvalue weighted by molar-refractivity contribution is 7.80. The maximum absolute atomic E-state index is 11.0. The Kier molecular flexibility index (Phi) is 7.59. The van der Waals surface area contributed by atoms with Crippen molar-refractivity contribution in [3.8, 4) is 0 Å². The molecular formula is C8H12N2O6S2. The first-order valence-corrected chi connectivity index (χ1v) is 5.84. The van der Waals surface area contributed by atoms with Gasteiger partial charge in [0.25, 0.3) is 0 Å². The number of rotatable bonds is 4. The molecule has 18 heavy (non-hydrogen) atoms. The van der Waals surface area contributed by atoms with Gasteiger partial charge < -0.3 is 20.9 Å². The van der Waals surface area contributed by atoms with Crippen LogP contribution in [-0.2, 0) is 28.7 Å². The quantitative estimate of drug-likeness (QED) is 0.195. The maximum atomic E-state index is 11.0. The Balaban J connectivity index is 4.32. The van der Waals surface area contributed by atoms with Crippen LogP contribution >= 0.6 is 25.3 Å². The van der Waals surface area contributed by atoms with Crippen molar-refractivity contribution in [1.82, 2.24) is 0 Å². The van der Waals surface area contributed by atoms with E-state index in [0.29, 0.717) is 0 Å². The van der Waals surface area contributed by atoms with Crippen LogP contribution in [0, 0.1) is 0 Å². The summed E-state index contributed by atoms with van der Waals surface area (Å²) in [5.41, 5.74) is 10.4. The summed E-state index contributed by atoms with van der Waals surface area (Å²) in [5, 5.41) is 0. The topological polar surface area (TPSA) is 139 Å². The standard InChI is InChI=1S/C8H12N2O6S2/c9-3(1-17)5(11)15-7(13)8(14)16-6(12)4(10)2-18/h3-4,17-18H,1-2,9-10H2/t3-,4-/m0/s1. The predicted molar refractivity (Wildman–Crippen MR) is 65.9 cm³/mol. The molecule has 0 aliphatic rings. The van der Waals surface area contributed by atoms with Crippen LogP contribution in [0.4, 0.5) is 0 Å². The van der Waals surface area contributed by atoms with E-state index in [9.17, 15) is 19.2 Å². The zero-order valence-electron chi connectivity index (χ0n) is 9.07. The van der Waals surface area contributed by atoms with Crippen molar-refractivity contribution in [2.24, 2.45) is 11.5 Å². The minimum atomic E-state index is -1.66. The number of nitrogens with two attached hydrogens (primary N) is 2. The van der Waals surface area contributed by atoms with Gasteiger partial charge in [-0.2, -0.15) is 25.3 Å². The Labute approximate surface area is 113 Å². The minimum Gasteiger partial charge on any atom is -0.383 e. The summed E-state index contributed by atoms with van der Waals surface area (Å²) in [4.78, 5) is 44.1. The molecule has 4 N–H and O–H groups in total. The van der Waals surface area contributed by atoms with Crippen LogP contribution in [0.25, 0.3) is 0 Å². The number of hydrogen-bond acceptors (Lipinski definition) is 10. The second-order valence-corrected chi connectivity index (χ2v) is 3.73. The van der Waals surface area contributed by atoms with E-state index >= 15 is 0 Å². The Morgan fingerprint density at radius 2 is 1.11 bits per heavy atom. The molecule has 0 aromatic carbocycles. The third-order valence-corrected chi connectivity index (χ3v) is 2.34. The van der Waals surface area contributed by atoms with Crippen LogP contribution in [0.3, 0.4) is 0 Å². The minimum absolute atomic E-state index is 0.0788. The predicted octanol–water partition coefficient (Wildman–Crippen LogP) is -2.36. The molecule has 0 unspecified atom stereocenters. The lowest BCUT2D eigenvalue weighted by Crippen LogP contribution is -2.40. The maximum Gasteiger partial charge on any atom is 0.425 e. The SMILES string of the molecule is N[C@@H](CS)C(=O)OC(=O)C(=O)OC(=O)[C@@H](N)CS. The van der Waals surface area contributed by atoms with Gasteiger partial charge in [-0.3, -0.25) is 0 Å². The smallest absolute Gasteiger partial charge is 0.383 e. The summed E-state index contributed by atoms with van der Waals surface area (Å²) in [6.07, 6.45) is 0. The summed E-state index contributed by atoms with van der Waals surface area (Å²) in [7, 11) is 0. The second kappa shape index (κ2) is 8.08. The summed E-state index contributed by atoms with van der Waals surface area (Å²) in [6.45, 7) is 0. The molecule has 0 heterocycles. The molecule has 0 amide bonds. The van der Waals surface area contributed by atoms with Crippen molar-refractivity contribution in [2.75, 3.05) is 11.5 Å². The highest BCUT2D eigenvalue weighted by Gasteiger charge is 2.28. The van der Waals surface area contributed by atoms with Gasteiger partial charge in [0.05, 0.1) is 0 Å². The fourth-order valence-electron chi connectivity index (χ4n) is 0.567. The molecule has 102 valence electrons. The Hall–Kier alpha value is -1.10. The van der Waals surface area contributed by atoms with E-state index in [4.69, 9.17) is 11.5 Å². The average Bonchev–Trinajstić information content (AvgIpc) is 2.35. The van der Waals surface area contributed by atoms with Gasteiger partial charge in [0.15, 0.2) is 0 Å². The normalized spacial score (nSPS) is 13.3. The lowest BCUT2D eigenvalue weighted by molar-refractivity contribution is -0.177. The van der Waals surface area contributed by atoms with Crippen molar-refractivity contribution < 1.29 is 28.7 Å². The van der Waals surface area contributed by atoms with Crippen molar-refractivity contribution >= 4 is 49.1 Å². The molecule has 2 atom stereocenters. The van der Waals surface area contributed by atoms with Gasteiger partial charge in [-0.15, -0.1) is 0 Å². The van der Waals surface area contributed by atoms with Gasteiger partial charge in [-0.25, -0.2) is 19.2 Å². The summed E-state index contributed by atoms with van der Waals surface area (Å²) >= 11 is 7.38. The van der Waals surface area contributed by atoms with Gasteiger partial charge in [0.1, 0.15) is 12.1 Å². The van der Waals surface area contributed by atoms with Crippen LogP contribution in [0.5, 0.6) is 0 Å². The van der Waals surface area contributed by atoms with E-state index < -0.39 is 36.0 Å². The zero-order valence-corrected chi connectivity index (χ0v) is 10.9. The Morgan fingerprint density at radius 1 is 0.833 bits per heavy atom. The average molecular weight is 296 g/mol. The van der Waals surface area contributed by atoms with E-state index in [2.05, 4.69) is 34.7 Å². The molecule has 0 radical (unpaired) electrons. The third-order valence-electron chi connectivity index (χ3n) is 1.55. The lowest BCUT2D eigenvalue weighted by atomic mass is 10.4. The molecule has 0 bridgehead atoms. The molecular weight excluding hydrogens is 284 g/mol. The Morgan fingerprint density at radius 3 is 1.33 bits per heavy atom. The molecule has 0 saturated heterocycles. The number of thiol groups is 2. The largest absolute Gasteiger partial charge is 0.425 e. The van der Waals surface area contributed by atoms with Gasteiger partial charge in [0.2, 0.25) is 0 Å². The second-order valence-electron chi connectivity index (χ2n) is 3.00. The zero-order chi connectivity index (χ0) is 14.3. The van der Waals surface area contributed by atoms with Crippen molar-refractivity contribution in [2.45, 2.75) is 12.1 Å². The highest BCUT2D eigenvalue weighted by Crippen LogP contribution is 1.94. The molecule has 10 heteroatoms. The first kappa shape index (κ1) is 16.9. The van der Waals surface area contributed by atoms with E-state index in [1.165, 1.54) is 0 Å². The molecule has 0 aromatic heterocycles. The number of carbonyl (C=O) groups is 4. The molecule has 0 spiro atoms. The van der Waals surface area contributed by atoms with E-state index in [-0.39, 0.29) is 11.5 Å². The number of esters is 4. The lowest BCUT2D eigenvalue weighted by Gasteiger charge is -2.08. The summed E-state index contributed by atoms with van der Waals surface area (Å²) in [5.74, 6) is -5.78. The first-order valence-electron chi connectivity index (χ1n) is 4.58. The van der Waals surface area contributed by atoms with Crippen molar-refractivity contribution in [1.29, 1.82) is 0 Å². The molecule has 0 saturated carbocycles. The van der Waals surface area contributed by atoms with E-state index in [1.54, 1.807) is 0 Å². The monoisotopic (exact) mass is 296 g/mol.